The van der Waals surface area contributed by atoms with Crippen molar-refractivity contribution in [2.24, 2.45) is 7.05 Å². The van der Waals surface area contributed by atoms with Crippen molar-refractivity contribution in [2.75, 3.05) is 4.72 Å². The second kappa shape index (κ2) is 4.92. The molecule has 6 nitrogen and oxygen atoms in total. The Balaban J connectivity index is 2.39. The lowest BCUT2D eigenvalue weighted by Gasteiger charge is -2.09. The molecule has 1 heterocycles. The van der Waals surface area contributed by atoms with Gasteiger partial charge in [-0.05, 0) is 18.2 Å². The molecule has 0 aliphatic rings. The van der Waals surface area contributed by atoms with E-state index in [0.29, 0.717) is 0 Å². The van der Waals surface area contributed by atoms with Crippen LogP contribution in [0.3, 0.4) is 0 Å². The van der Waals surface area contributed by atoms with Crippen LogP contribution in [0.1, 0.15) is 0 Å². The van der Waals surface area contributed by atoms with E-state index < -0.39 is 10.0 Å². The Bertz CT molecular complexity index is 704. The molecule has 9 heteroatoms. The topological polar surface area (TPSA) is 84.2 Å². The number of sulfonamides is 1. The van der Waals surface area contributed by atoms with Crippen molar-refractivity contribution in [3.05, 3.63) is 34.4 Å². The van der Waals surface area contributed by atoms with Gasteiger partial charge in [-0.1, -0.05) is 23.2 Å². The van der Waals surface area contributed by atoms with E-state index in [0.717, 1.165) is 0 Å². The molecule has 0 saturated carbocycles. The molecular formula is C10H9Cl2N3O3S. The summed E-state index contributed by atoms with van der Waals surface area (Å²) < 4.78 is 27.7. The third kappa shape index (κ3) is 2.78. The van der Waals surface area contributed by atoms with Crippen molar-refractivity contribution >= 4 is 38.9 Å². The van der Waals surface area contributed by atoms with Crippen molar-refractivity contribution in [2.45, 2.75) is 5.03 Å². The molecule has 0 bridgehead atoms. The first-order valence-electron chi connectivity index (χ1n) is 5.00. The zero-order valence-corrected chi connectivity index (χ0v) is 12.0. The number of halogens is 2. The number of hydrogen-bond acceptors (Lipinski definition) is 4. The van der Waals surface area contributed by atoms with Gasteiger partial charge in [0.1, 0.15) is 0 Å². The lowest BCUT2D eigenvalue weighted by molar-refractivity contribution is 0.476. The molecule has 1 aromatic heterocycles. The third-order valence-corrected chi connectivity index (χ3v) is 4.35. The Hall–Kier alpha value is -1.44. The highest BCUT2D eigenvalue weighted by atomic mass is 35.5. The number of hydrogen-bond donors (Lipinski definition) is 2. The summed E-state index contributed by atoms with van der Waals surface area (Å²) in [4.78, 5) is 0. The largest absolute Gasteiger partial charge is 0.505 e. The monoisotopic (exact) mass is 321 g/mol. The van der Waals surface area contributed by atoms with Crippen LogP contribution in [0.5, 0.6) is 5.75 Å². The van der Waals surface area contributed by atoms with E-state index in [1.807, 2.05) is 0 Å². The highest BCUT2D eigenvalue weighted by Gasteiger charge is 2.19. The summed E-state index contributed by atoms with van der Waals surface area (Å²) in [5.74, 6) is -0.299. The number of nitrogens with zero attached hydrogens (tertiary/aromatic N) is 2. The number of phenols is 1. The number of aromatic nitrogens is 2. The average molecular weight is 322 g/mol. The van der Waals surface area contributed by atoms with Gasteiger partial charge in [-0.2, -0.15) is 13.5 Å². The Labute approximate surface area is 119 Å². The summed E-state index contributed by atoms with van der Waals surface area (Å²) in [7, 11) is -2.29. The molecular weight excluding hydrogens is 313 g/mol. The summed E-state index contributed by atoms with van der Waals surface area (Å²) in [6, 6.07) is 3.87. The van der Waals surface area contributed by atoms with Crippen LogP contribution in [-0.4, -0.2) is 23.3 Å². The first kappa shape index (κ1) is 14.0. The molecule has 19 heavy (non-hydrogen) atoms. The van der Waals surface area contributed by atoms with E-state index in [2.05, 4.69) is 9.82 Å². The van der Waals surface area contributed by atoms with E-state index in [9.17, 15) is 13.5 Å². The minimum Gasteiger partial charge on any atom is -0.505 e. The predicted molar refractivity (Wildman–Crippen MR) is 72.1 cm³/mol. The Morgan fingerprint density at radius 2 is 1.89 bits per heavy atom. The fourth-order valence-corrected chi connectivity index (χ4v) is 3.11. The Kier molecular flexibility index (Phi) is 3.62. The van der Waals surface area contributed by atoms with Crippen LogP contribution in [0.4, 0.5) is 5.69 Å². The van der Waals surface area contributed by atoms with Gasteiger partial charge in [-0.25, -0.2) is 0 Å². The second-order valence-electron chi connectivity index (χ2n) is 3.69. The maximum Gasteiger partial charge on any atom is 0.279 e. The fraction of sp³-hybridized carbons (Fsp3) is 0.100. The number of rotatable bonds is 3. The number of phenolic OH excluding ortho intramolecular Hbond substituents is 1. The standard InChI is InChI=1S/C10H9Cl2N3O3S/c1-15-9(2-3-13-15)19(17,18)14-6-4-7(11)10(16)8(12)5-6/h2-5,14,16H,1H3. The van der Waals surface area contributed by atoms with Gasteiger partial charge in [0.15, 0.2) is 10.8 Å². The third-order valence-electron chi connectivity index (χ3n) is 2.32. The maximum absolute atomic E-state index is 12.1. The van der Waals surface area contributed by atoms with E-state index >= 15 is 0 Å². The number of benzene rings is 1. The van der Waals surface area contributed by atoms with Gasteiger partial charge in [-0.3, -0.25) is 9.40 Å². The van der Waals surface area contributed by atoms with Crippen LogP contribution < -0.4 is 4.72 Å². The Morgan fingerprint density at radius 3 is 2.37 bits per heavy atom. The summed E-state index contributed by atoms with van der Waals surface area (Å²) in [5, 5.41) is 13.1. The number of nitrogens with one attached hydrogen (secondary N) is 1. The molecule has 102 valence electrons. The predicted octanol–water partition coefficient (Wildman–Crippen LogP) is 2.23. The lowest BCUT2D eigenvalue weighted by atomic mass is 10.3. The molecule has 2 N–H and O–H groups in total. The van der Waals surface area contributed by atoms with Crippen LogP contribution in [0.25, 0.3) is 0 Å². The van der Waals surface area contributed by atoms with Gasteiger partial charge in [0.05, 0.1) is 21.9 Å². The first-order chi connectivity index (χ1) is 8.81. The molecule has 0 unspecified atom stereocenters. The number of aryl methyl sites for hydroxylation is 1. The minimum absolute atomic E-state index is 0.00665. The van der Waals surface area contributed by atoms with Gasteiger partial charge in [0.2, 0.25) is 0 Å². The van der Waals surface area contributed by atoms with Crippen LogP contribution >= 0.6 is 23.2 Å². The van der Waals surface area contributed by atoms with Crippen molar-refractivity contribution in [1.82, 2.24) is 9.78 Å². The van der Waals surface area contributed by atoms with Gasteiger partial charge in [0.25, 0.3) is 10.0 Å². The number of anilines is 1. The molecule has 2 aromatic rings. The van der Waals surface area contributed by atoms with Gasteiger partial charge >= 0.3 is 0 Å². The molecule has 0 aliphatic heterocycles. The van der Waals surface area contributed by atoms with E-state index in [1.165, 1.54) is 36.1 Å². The zero-order chi connectivity index (χ0) is 14.2. The van der Waals surface area contributed by atoms with Crippen molar-refractivity contribution in [3.63, 3.8) is 0 Å². The zero-order valence-electron chi connectivity index (χ0n) is 9.63. The van der Waals surface area contributed by atoms with Crippen molar-refractivity contribution in [3.8, 4) is 5.75 Å². The van der Waals surface area contributed by atoms with Gasteiger partial charge in [0, 0.05) is 7.05 Å². The molecule has 0 amide bonds. The number of aromatic hydroxyl groups is 1. The lowest BCUT2D eigenvalue weighted by Crippen LogP contribution is -2.16. The van der Waals surface area contributed by atoms with E-state index in [1.54, 1.807) is 0 Å². The molecule has 0 aliphatic carbocycles. The van der Waals surface area contributed by atoms with Crippen LogP contribution in [0.15, 0.2) is 29.4 Å². The highest BCUT2D eigenvalue weighted by molar-refractivity contribution is 7.92. The van der Waals surface area contributed by atoms with Gasteiger partial charge < -0.3 is 5.11 Å². The molecule has 0 saturated heterocycles. The van der Waals surface area contributed by atoms with Gasteiger partial charge in [-0.15, -0.1) is 0 Å². The van der Waals surface area contributed by atoms with Crippen LogP contribution in [0.2, 0.25) is 10.0 Å². The smallest absolute Gasteiger partial charge is 0.279 e. The second-order valence-corrected chi connectivity index (χ2v) is 6.13. The van der Waals surface area contributed by atoms with Crippen LogP contribution in [-0.2, 0) is 17.1 Å². The first-order valence-corrected chi connectivity index (χ1v) is 7.24. The molecule has 0 fully saturated rings. The van der Waals surface area contributed by atoms with E-state index in [-0.39, 0.29) is 26.5 Å². The molecule has 2 rings (SSSR count). The summed E-state index contributed by atoms with van der Waals surface area (Å²) in [6.45, 7) is 0. The molecule has 1 aromatic carbocycles. The molecule has 0 spiro atoms. The normalized spacial score (nSPS) is 11.5. The van der Waals surface area contributed by atoms with Crippen molar-refractivity contribution < 1.29 is 13.5 Å². The highest BCUT2D eigenvalue weighted by Crippen LogP contribution is 2.35. The van der Waals surface area contributed by atoms with Crippen molar-refractivity contribution in [1.29, 1.82) is 0 Å². The minimum atomic E-state index is -3.80. The fourth-order valence-electron chi connectivity index (χ4n) is 1.46. The quantitative estimate of drug-likeness (QED) is 0.849. The molecule has 0 radical (unpaired) electrons. The average Bonchev–Trinajstić information content (AvgIpc) is 2.72. The van der Waals surface area contributed by atoms with Crippen LogP contribution in [0, 0.1) is 0 Å². The SMILES string of the molecule is Cn1nccc1S(=O)(=O)Nc1cc(Cl)c(O)c(Cl)c1. The molecule has 0 atom stereocenters. The summed E-state index contributed by atoms with van der Waals surface area (Å²) >= 11 is 11.4. The van der Waals surface area contributed by atoms with E-state index in [4.69, 9.17) is 23.2 Å². The summed E-state index contributed by atoms with van der Waals surface area (Å²) in [5.41, 5.74) is 0.147. The Morgan fingerprint density at radius 1 is 1.32 bits per heavy atom. The summed E-state index contributed by atoms with van der Waals surface area (Å²) in [6.07, 6.45) is 1.37. The maximum atomic E-state index is 12.1.